The van der Waals surface area contributed by atoms with Crippen LogP contribution in [0.25, 0.3) is 124 Å². The number of nitrogens with zero attached hydrogens (tertiary/aromatic N) is 8. The first kappa shape index (κ1) is 57.9. The summed E-state index contributed by atoms with van der Waals surface area (Å²) in [4.78, 5) is 46.2. The van der Waals surface area contributed by atoms with Crippen LogP contribution < -0.4 is 0 Å². The predicted octanol–water partition coefficient (Wildman–Crippen LogP) is 21.5. The van der Waals surface area contributed by atoms with E-state index in [4.69, 9.17) is 39.9 Å². The number of rotatable bonds is 9. The van der Waals surface area contributed by atoms with E-state index in [0.717, 1.165) is 61.5 Å². The quantitative estimate of drug-likeness (QED) is 0.139. The van der Waals surface area contributed by atoms with Gasteiger partial charge in [0.25, 0.3) is 0 Å². The Labute approximate surface area is 586 Å². The number of aromatic nitrogens is 8. The van der Waals surface area contributed by atoms with E-state index >= 15 is 0 Å². The van der Waals surface area contributed by atoms with Gasteiger partial charge in [0.1, 0.15) is 5.69 Å². The molecule has 2 aliphatic carbocycles. The van der Waals surface area contributed by atoms with Gasteiger partial charge in [0.2, 0.25) is 0 Å². The lowest BCUT2D eigenvalue weighted by Gasteiger charge is -2.40. The molecule has 0 saturated carbocycles. The molecule has 0 radical (unpaired) electrons. The van der Waals surface area contributed by atoms with Gasteiger partial charge in [-0.15, -0.1) is 0 Å². The summed E-state index contributed by atoms with van der Waals surface area (Å²) in [5.74, 6) is 3.39. The molecule has 0 amide bonds. The van der Waals surface area contributed by atoms with Gasteiger partial charge >= 0.3 is 0 Å². The van der Waals surface area contributed by atoms with Gasteiger partial charge in [-0.2, -0.15) is 0 Å². The molecular formula is C90H54N8S2. The second kappa shape index (κ2) is 23.2. The summed E-state index contributed by atoms with van der Waals surface area (Å²) in [6, 6.07) is 115. The van der Waals surface area contributed by atoms with E-state index in [2.05, 4.69) is 224 Å². The third-order valence-corrected chi connectivity index (χ3v) is 22.5. The average molecular weight is 1310 g/mol. The van der Waals surface area contributed by atoms with Crippen LogP contribution in [-0.2, 0) is 10.8 Å². The second-order valence-corrected chi connectivity index (χ2v) is 27.8. The van der Waals surface area contributed by atoms with Crippen molar-refractivity contribution in [3.8, 4) is 124 Å². The Morgan fingerprint density at radius 3 is 0.990 bits per heavy atom. The van der Waals surface area contributed by atoms with Gasteiger partial charge in [0, 0.05) is 64.7 Å². The Hall–Kier alpha value is -12.3. The molecule has 2 spiro atoms. The lowest BCUT2D eigenvalue weighted by molar-refractivity contribution is 0.722. The monoisotopic (exact) mass is 1310 g/mol. The predicted molar refractivity (Wildman–Crippen MR) is 401 cm³/mol. The third kappa shape index (κ3) is 9.11. The summed E-state index contributed by atoms with van der Waals surface area (Å²) in [5, 5.41) is 0. The van der Waals surface area contributed by atoms with Crippen molar-refractivity contribution >= 4 is 23.5 Å². The molecular weight excluding hydrogens is 1260 g/mol. The first-order valence-corrected chi connectivity index (χ1v) is 35.2. The van der Waals surface area contributed by atoms with Gasteiger partial charge in [-0.3, -0.25) is 4.98 Å². The van der Waals surface area contributed by atoms with E-state index in [9.17, 15) is 0 Å². The maximum Gasteiger partial charge on any atom is 0.182 e. The Bertz CT molecular complexity index is 5840. The standard InChI is InChI=1S/C90H54N8S2/c1-4-21-56(22-5-1)83-93-86(96-87(95-83)63-43-47-76(91-54-63)61-45-49-81-74(52-61)89(72-35-18-19-38-79(72)99-81)68-31-14-10-27-64(68)65-28-11-15-32-69(65)89)59-41-39-55(40-42-59)60-44-48-80-73(51-60)90(70-33-16-12-29-66(70)67-30-13-17-34-71(67)90)75-53-62(46-50-82(75)100-80)77-36-20-37-78(92-77)88-97-84(57-23-6-2-7-24-57)94-85(98-88)58-25-8-3-9-26-58/h1-54H. The fourth-order valence-corrected chi connectivity index (χ4v) is 18.1. The van der Waals surface area contributed by atoms with Crippen LogP contribution in [0.5, 0.6) is 0 Å². The lowest BCUT2D eigenvalue weighted by Crippen LogP contribution is -2.32. The molecule has 0 atom stereocenters. The maximum atomic E-state index is 5.38. The van der Waals surface area contributed by atoms with Crippen molar-refractivity contribution in [2.45, 2.75) is 30.4 Å². The summed E-state index contributed by atoms with van der Waals surface area (Å²) >= 11 is 3.67. The highest BCUT2D eigenvalue weighted by atomic mass is 32.2. The minimum atomic E-state index is -0.664. The summed E-state index contributed by atoms with van der Waals surface area (Å²) in [6.45, 7) is 0. The highest BCUT2D eigenvalue weighted by molar-refractivity contribution is 7.99. The van der Waals surface area contributed by atoms with Gasteiger partial charge < -0.3 is 0 Å². The molecule has 10 heteroatoms. The summed E-state index contributed by atoms with van der Waals surface area (Å²) < 4.78 is 0. The van der Waals surface area contributed by atoms with Crippen LogP contribution in [0.2, 0.25) is 0 Å². The molecule has 100 heavy (non-hydrogen) atoms. The number of hydrogen-bond acceptors (Lipinski definition) is 10. The van der Waals surface area contributed by atoms with Crippen LogP contribution in [0.3, 0.4) is 0 Å². The molecule has 16 aromatic rings. The number of fused-ring (bicyclic) bond motifs is 18. The van der Waals surface area contributed by atoms with E-state index in [1.54, 1.807) is 0 Å². The normalized spacial score (nSPS) is 13.5. The molecule has 8 nitrogen and oxygen atoms in total. The molecule has 2 aliphatic heterocycles. The number of benzene rings is 12. The van der Waals surface area contributed by atoms with Crippen molar-refractivity contribution in [1.29, 1.82) is 0 Å². The average Bonchev–Trinajstić information content (AvgIpc) is 1.48. The minimum Gasteiger partial charge on any atom is -0.255 e. The van der Waals surface area contributed by atoms with Crippen LogP contribution in [-0.4, -0.2) is 39.9 Å². The van der Waals surface area contributed by atoms with Crippen molar-refractivity contribution in [2.75, 3.05) is 0 Å². The fraction of sp³-hybridized carbons (Fsp3) is 0.0222. The molecule has 0 unspecified atom stereocenters. The topological polar surface area (TPSA) is 103 Å². The van der Waals surface area contributed by atoms with Crippen LogP contribution in [0.15, 0.2) is 347 Å². The summed E-state index contributed by atoms with van der Waals surface area (Å²) in [6.07, 6.45) is 1.91. The largest absolute Gasteiger partial charge is 0.255 e. The zero-order valence-electron chi connectivity index (χ0n) is 53.6. The molecule has 6 heterocycles. The molecule has 0 saturated heterocycles. The number of pyridine rings is 2. The Morgan fingerprint density at radius 2 is 0.520 bits per heavy atom. The van der Waals surface area contributed by atoms with Crippen molar-refractivity contribution in [2.24, 2.45) is 0 Å². The van der Waals surface area contributed by atoms with E-state index in [0.29, 0.717) is 40.6 Å². The molecule has 4 aliphatic rings. The van der Waals surface area contributed by atoms with E-state index in [1.165, 1.54) is 86.3 Å². The Balaban J connectivity index is 0.656. The minimum absolute atomic E-state index is 0.485. The fourth-order valence-electron chi connectivity index (χ4n) is 15.8. The van der Waals surface area contributed by atoms with Gasteiger partial charge in [-0.25, -0.2) is 34.9 Å². The molecule has 0 N–H and O–H groups in total. The van der Waals surface area contributed by atoms with Crippen LogP contribution in [0.1, 0.15) is 44.5 Å². The van der Waals surface area contributed by atoms with E-state index in [-0.39, 0.29) is 0 Å². The molecule has 20 rings (SSSR count). The SMILES string of the molecule is c1ccc(-c2nc(-c3ccc(-c4ccc5c(c4)C4(c6cc(-c7cccc(-c8nc(-c9ccccc9)nc(-c9ccccc9)n8)n7)ccc6S5)c5ccccc5-c5ccccc54)cc3)nc(-c3ccc(-c4ccc5c(c4)C4(c6ccccc6S5)c5ccccc5-c5ccccc54)nc3)n2)cc1. The Morgan fingerprint density at radius 1 is 0.190 bits per heavy atom. The molecule has 466 valence electrons. The second-order valence-electron chi connectivity index (χ2n) is 25.6. The summed E-state index contributed by atoms with van der Waals surface area (Å²) in [5.41, 5.74) is 25.0. The number of hydrogen-bond donors (Lipinski definition) is 0. The zero-order chi connectivity index (χ0) is 65.9. The van der Waals surface area contributed by atoms with Crippen molar-refractivity contribution in [3.05, 3.63) is 372 Å². The van der Waals surface area contributed by atoms with Crippen molar-refractivity contribution in [1.82, 2.24) is 39.9 Å². The maximum absolute atomic E-state index is 5.38. The van der Waals surface area contributed by atoms with E-state index < -0.39 is 10.8 Å². The highest BCUT2D eigenvalue weighted by Gasteiger charge is 2.52. The summed E-state index contributed by atoms with van der Waals surface area (Å²) in [7, 11) is 0. The van der Waals surface area contributed by atoms with Crippen LogP contribution >= 0.6 is 23.5 Å². The molecule has 0 fully saturated rings. The first-order valence-electron chi connectivity index (χ1n) is 33.5. The van der Waals surface area contributed by atoms with Gasteiger partial charge in [-0.05, 0) is 145 Å². The smallest absolute Gasteiger partial charge is 0.182 e. The van der Waals surface area contributed by atoms with Gasteiger partial charge in [0.15, 0.2) is 34.9 Å². The van der Waals surface area contributed by atoms with Crippen molar-refractivity contribution in [3.63, 3.8) is 0 Å². The zero-order valence-corrected chi connectivity index (χ0v) is 55.2. The van der Waals surface area contributed by atoms with Gasteiger partial charge in [-0.1, -0.05) is 278 Å². The molecule has 4 aromatic heterocycles. The molecule has 0 bridgehead atoms. The first-order chi connectivity index (χ1) is 49.5. The van der Waals surface area contributed by atoms with Crippen LogP contribution in [0, 0.1) is 0 Å². The third-order valence-electron chi connectivity index (χ3n) is 20.2. The molecule has 12 aromatic carbocycles. The Kier molecular flexibility index (Phi) is 13.4. The van der Waals surface area contributed by atoms with Gasteiger partial charge in [0.05, 0.1) is 22.2 Å². The lowest BCUT2D eigenvalue weighted by atomic mass is 9.66. The van der Waals surface area contributed by atoms with Crippen LogP contribution in [0.4, 0.5) is 0 Å². The highest BCUT2D eigenvalue weighted by Crippen LogP contribution is 2.65. The van der Waals surface area contributed by atoms with Crippen molar-refractivity contribution < 1.29 is 0 Å². The van der Waals surface area contributed by atoms with E-state index in [1.807, 2.05) is 127 Å².